The Morgan fingerprint density at radius 3 is 2.50 bits per heavy atom. The molecule has 0 atom stereocenters. The molecule has 1 rings (SSSR count). The molecule has 1 aromatic rings. The lowest BCUT2D eigenvalue weighted by Gasteiger charge is -2.20. The highest BCUT2D eigenvalue weighted by atomic mass is 15.1. The van der Waals surface area contributed by atoms with E-state index in [1.807, 2.05) is 12.4 Å². The third kappa shape index (κ3) is 5.36. The normalized spacial score (nSPS) is 11.0. The number of hydrogen-bond acceptors (Lipinski definition) is 4. The number of hydrogen-bond donors (Lipinski definition) is 2. The summed E-state index contributed by atoms with van der Waals surface area (Å²) < 4.78 is 0. The first-order valence-corrected chi connectivity index (χ1v) is 6.76. The van der Waals surface area contributed by atoms with Gasteiger partial charge in [-0.2, -0.15) is 0 Å². The van der Waals surface area contributed by atoms with E-state index >= 15 is 0 Å². The number of anilines is 2. The van der Waals surface area contributed by atoms with Crippen molar-refractivity contribution in [3.63, 3.8) is 0 Å². The van der Waals surface area contributed by atoms with Crippen molar-refractivity contribution in [3.8, 4) is 0 Å². The SMILES string of the molecule is CCNc1cncc(NCCCN(C)C(C)C)c1. The van der Waals surface area contributed by atoms with Gasteiger partial charge in [0.15, 0.2) is 0 Å². The zero-order chi connectivity index (χ0) is 13.4. The maximum atomic E-state index is 4.21. The fourth-order valence-electron chi connectivity index (χ4n) is 1.66. The van der Waals surface area contributed by atoms with Crippen LogP contribution in [0.25, 0.3) is 0 Å². The summed E-state index contributed by atoms with van der Waals surface area (Å²) in [6.07, 6.45) is 4.86. The van der Waals surface area contributed by atoms with E-state index in [9.17, 15) is 0 Å². The summed E-state index contributed by atoms with van der Waals surface area (Å²) in [6.45, 7) is 9.54. The molecule has 0 spiro atoms. The van der Waals surface area contributed by atoms with E-state index in [1.165, 1.54) is 0 Å². The van der Waals surface area contributed by atoms with Crippen molar-refractivity contribution in [1.82, 2.24) is 9.88 Å². The van der Waals surface area contributed by atoms with Gasteiger partial charge >= 0.3 is 0 Å². The molecule has 0 aliphatic heterocycles. The Bertz CT molecular complexity index is 338. The van der Waals surface area contributed by atoms with Crippen LogP contribution in [-0.4, -0.2) is 42.6 Å². The van der Waals surface area contributed by atoms with Crippen molar-refractivity contribution in [2.45, 2.75) is 33.2 Å². The van der Waals surface area contributed by atoms with Crippen LogP contribution in [0.4, 0.5) is 11.4 Å². The lowest BCUT2D eigenvalue weighted by atomic mass is 10.3. The number of rotatable bonds is 8. The molecule has 0 radical (unpaired) electrons. The minimum atomic E-state index is 0.615. The topological polar surface area (TPSA) is 40.2 Å². The first-order valence-electron chi connectivity index (χ1n) is 6.76. The van der Waals surface area contributed by atoms with Gasteiger partial charge in [0, 0.05) is 19.1 Å². The van der Waals surface area contributed by atoms with Crippen LogP contribution in [0.1, 0.15) is 27.2 Å². The number of nitrogens with zero attached hydrogens (tertiary/aromatic N) is 2. The van der Waals surface area contributed by atoms with E-state index in [-0.39, 0.29) is 0 Å². The number of nitrogens with one attached hydrogen (secondary N) is 2. The molecule has 18 heavy (non-hydrogen) atoms. The summed E-state index contributed by atoms with van der Waals surface area (Å²) in [4.78, 5) is 6.57. The average Bonchev–Trinajstić information content (AvgIpc) is 2.35. The highest BCUT2D eigenvalue weighted by Crippen LogP contribution is 2.12. The first-order chi connectivity index (χ1) is 8.63. The summed E-state index contributed by atoms with van der Waals surface area (Å²) in [6, 6.07) is 2.71. The van der Waals surface area contributed by atoms with E-state index in [4.69, 9.17) is 0 Å². The predicted octanol–water partition coefficient (Wildman–Crippen LogP) is 2.66. The van der Waals surface area contributed by atoms with Crippen LogP contribution in [0.3, 0.4) is 0 Å². The molecule has 0 saturated heterocycles. The molecule has 2 N–H and O–H groups in total. The Morgan fingerprint density at radius 2 is 1.89 bits per heavy atom. The minimum Gasteiger partial charge on any atom is -0.384 e. The summed E-state index contributed by atoms with van der Waals surface area (Å²) in [5.41, 5.74) is 2.16. The fourth-order valence-corrected chi connectivity index (χ4v) is 1.66. The molecule has 0 amide bonds. The zero-order valence-electron chi connectivity index (χ0n) is 12.0. The fraction of sp³-hybridized carbons (Fsp3) is 0.643. The van der Waals surface area contributed by atoms with Gasteiger partial charge in [0.1, 0.15) is 0 Å². The highest BCUT2D eigenvalue weighted by Gasteiger charge is 2.02. The van der Waals surface area contributed by atoms with Gasteiger partial charge in [0.25, 0.3) is 0 Å². The molecule has 0 unspecified atom stereocenters. The monoisotopic (exact) mass is 250 g/mol. The van der Waals surface area contributed by atoms with Crippen LogP contribution in [0.15, 0.2) is 18.5 Å². The lowest BCUT2D eigenvalue weighted by Crippen LogP contribution is -2.28. The van der Waals surface area contributed by atoms with E-state index < -0.39 is 0 Å². The van der Waals surface area contributed by atoms with Gasteiger partial charge in [-0.05, 0) is 46.9 Å². The molecular formula is C14H26N4. The Labute approximate surface area is 111 Å². The Morgan fingerprint density at radius 1 is 1.22 bits per heavy atom. The molecule has 1 heterocycles. The number of pyridine rings is 1. The molecule has 102 valence electrons. The smallest absolute Gasteiger partial charge is 0.0547 e. The van der Waals surface area contributed by atoms with Crippen molar-refractivity contribution in [3.05, 3.63) is 18.5 Å². The number of aromatic nitrogens is 1. The maximum Gasteiger partial charge on any atom is 0.0547 e. The molecule has 4 nitrogen and oxygen atoms in total. The maximum absolute atomic E-state index is 4.21. The first kappa shape index (κ1) is 14.8. The Kier molecular flexibility index (Phi) is 6.50. The van der Waals surface area contributed by atoms with Crippen molar-refractivity contribution < 1.29 is 0 Å². The Hall–Kier alpha value is -1.29. The molecule has 0 saturated carbocycles. The molecule has 0 bridgehead atoms. The standard InChI is InChI=1S/C14H26N4/c1-5-16-13-9-14(11-15-10-13)17-7-6-8-18(4)12(2)3/h9-12,16-17H,5-8H2,1-4H3. The molecule has 0 aliphatic carbocycles. The van der Waals surface area contributed by atoms with Gasteiger partial charge in [0.2, 0.25) is 0 Å². The second-order valence-electron chi connectivity index (χ2n) is 4.85. The van der Waals surface area contributed by atoms with Gasteiger partial charge in [-0.25, -0.2) is 0 Å². The quantitative estimate of drug-likeness (QED) is 0.696. The third-order valence-corrected chi connectivity index (χ3v) is 3.02. The molecule has 4 heteroatoms. The summed E-state index contributed by atoms with van der Waals surface area (Å²) in [7, 11) is 2.16. The van der Waals surface area contributed by atoms with Gasteiger partial charge in [-0.15, -0.1) is 0 Å². The summed E-state index contributed by atoms with van der Waals surface area (Å²) in [5, 5.41) is 6.67. The highest BCUT2D eigenvalue weighted by molar-refractivity contribution is 5.53. The second-order valence-corrected chi connectivity index (χ2v) is 4.85. The molecular weight excluding hydrogens is 224 g/mol. The van der Waals surface area contributed by atoms with Crippen LogP contribution in [0.2, 0.25) is 0 Å². The third-order valence-electron chi connectivity index (χ3n) is 3.02. The van der Waals surface area contributed by atoms with E-state index in [0.717, 1.165) is 37.4 Å². The van der Waals surface area contributed by atoms with Gasteiger partial charge in [0.05, 0.1) is 23.8 Å². The van der Waals surface area contributed by atoms with E-state index in [1.54, 1.807) is 0 Å². The van der Waals surface area contributed by atoms with Crippen LogP contribution in [-0.2, 0) is 0 Å². The van der Waals surface area contributed by atoms with Gasteiger partial charge in [-0.3, -0.25) is 4.98 Å². The van der Waals surface area contributed by atoms with Crippen LogP contribution < -0.4 is 10.6 Å². The predicted molar refractivity (Wildman–Crippen MR) is 79.3 cm³/mol. The van der Waals surface area contributed by atoms with Crippen molar-refractivity contribution in [2.75, 3.05) is 37.3 Å². The summed E-state index contributed by atoms with van der Waals surface area (Å²) >= 11 is 0. The van der Waals surface area contributed by atoms with Crippen molar-refractivity contribution >= 4 is 11.4 Å². The van der Waals surface area contributed by atoms with Crippen molar-refractivity contribution in [1.29, 1.82) is 0 Å². The molecule has 0 aromatic carbocycles. The minimum absolute atomic E-state index is 0.615. The second kappa shape index (κ2) is 7.93. The lowest BCUT2D eigenvalue weighted by molar-refractivity contribution is 0.273. The van der Waals surface area contributed by atoms with Crippen LogP contribution >= 0.6 is 0 Å². The van der Waals surface area contributed by atoms with Gasteiger partial charge in [-0.1, -0.05) is 0 Å². The summed E-state index contributed by atoms with van der Waals surface area (Å²) in [5.74, 6) is 0. The zero-order valence-corrected chi connectivity index (χ0v) is 12.0. The average molecular weight is 250 g/mol. The molecule has 1 aromatic heterocycles. The largest absolute Gasteiger partial charge is 0.384 e. The van der Waals surface area contributed by atoms with Crippen LogP contribution in [0.5, 0.6) is 0 Å². The van der Waals surface area contributed by atoms with Crippen LogP contribution in [0, 0.1) is 0 Å². The molecule has 0 fully saturated rings. The Balaban J connectivity index is 2.28. The van der Waals surface area contributed by atoms with E-state index in [0.29, 0.717) is 6.04 Å². The van der Waals surface area contributed by atoms with Gasteiger partial charge < -0.3 is 15.5 Å². The van der Waals surface area contributed by atoms with E-state index in [2.05, 4.69) is 54.4 Å². The molecule has 0 aliphatic rings. The van der Waals surface area contributed by atoms with Crippen molar-refractivity contribution in [2.24, 2.45) is 0 Å².